The molecule has 0 radical (unpaired) electrons. The second kappa shape index (κ2) is 9.16. The number of rotatable bonds is 9. The van der Waals surface area contributed by atoms with Crippen LogP contribution >= 0.6 is 7.60 Å². The number of hydrogen-bond donors (Lipinski definition) is 0. The van der Waals surface area contributed by atoms with Crippen LogP contribution in [0.3, 0.4) is 0 Å². The average Bonchev–Trinajstić information content (AvgIpc) is 2.52. The zero-order chi connectivity index (χ0) is 21.1. The molecule has 0 spiro atoms. The van der Waals surface area contributed by atoms with Crippen LogP contribution in [0.15, 0.2) is 0 Å². The maximum Gasteiger partial charge on any atom is 0.337 e. The van der Waals surface area contributed by atoms with E-state index in [4.69, 9.17) is 22.9 Å². The van der Waals surface area contributed by atoms with Crippen LogP contribution in [0.1, 0.15) is 47.5 Å². The summed E-state index contributed by atoms with van der Waals surface area (Å²) >= 11 is 0. The Morgan fingerprint density at radius 3 is 2.22 bits per heavy atom. The molecule has 0 bridgehead atoms. The standard InChI is InChI=1S/C18H37O7PSi/c1-17(2,3)27(8,9)23-11-10-14-12-16(25-18(4,5)24-14)15(19)13-26(20,21-6)22-7/h14,16H,10-13H2,1-9H3/t14-,16-/m1/s1. The minimum Gasteiger partial charge on any atom is -0.417 e. The van der Waals surface area contributed by atoms with Gasteiger partial charge in [0.25, 0.3) is 0 Å². The van der Waals surface area contributed by atoms with Crippen LogP contribution in [0.25, 0.3) is 0 Å². The first-order chi connectivity index (χ1) is 12.1. The molecule has 0 N–H and O–H groups in total. The number of carbonyl (C=O) groups is 1. The number of hydrogen-bond acceptors (Lipinski definition) is 7. The summed E-state index contributed by atoms with van der Waals surface area (Å²) in [5.41, 5.74) is 0. The van der Waals surface area contributed by atoms with Crippen molar-refractivity contribution in [1.29, 1.82) is 0 Å². The van der Waals surface area contributed by atoms with Crippen LogP contribution < -0.4 is 0 Å². The molecule has 0 aromatic heterocycles. The third-order valence-electron chi connectivity index (χ3n) is 5.33. The summed E-state index contributed by atoms with van der Waals surface area (Å²) in [5.74, 6) is -1.20. The van der Waals surface area contributed by atoms with Gasteiger partial charge in [-0.2, -0.15) is 0 Å². The summed E-state index contributed by atoms with van der Waals surface area (Å²) < 4.78 is 40.0. The molecule has 2 atom stereocenters. The molecule has 160 valence electrons. The molecule has 1 fully saturated rings. The first-order valence-corrected chi connectivity index (χ1v) is 14.0. The molecule has 0 saturated carbocycles. The minimum atomic E-state index is -3.42. The molecule has 1 rings (SSSR count). The molecule has 1 aliphatic rings. The summed E-state index contributed by atoms with van der Waals surface area (Å²) in [4.78, 5) is 12.6. The highest BCUT2D eigenvalue weighted by molar-refractivity contribution is 7.54. The van der Waals surface area contributed by atoms with Gasteiger partial charge in [0.15, 0.2) is 19.9 Å². The molecule has 27 heavy (non-hydrogen) atoms. The fraction of sp³-hybridized carbons (Fsp3) is 0.944. The Morgan fingerprint density at radius 1 is 1.19 bits per heavy atom. The second-order valence-corrected chi connectivity index (χ2v) is 16.1. The van der Waals surface area contributed by atoms with Gasteiger partial charge in [-0.25, -0.2) is 0 Å². The lowest BCUT2D eigenvalue weighted by Crippen LogP contribution is -2.49. The van der Waals surface area contributed by atoms with E-state index in [1.165, 1.54) is 14.2 Å². The molecule has 1 aliphatic heterocycles. The largest absolute Gasteiger partial charge is 0.417 e. The molecule has 0 aromatic carbocycles. The second-order valence-electron chi connectivity index (χ2n) is 8.98. The summed E-state index contributed by atoms with van der Waals surface area (Å²) in [6.07, 6.45) is -0.109. The molecule has 0 unspecified atom stereocenters. The Balaban J connectivity index is 2.70. The lowest BCUT2D eigenvalue weighted by Gasteiger charge is -2.41. The van der Waals surface area contributed by atoms with Gasteiger partial charge in [0.2, 0.25) is 0 Å². The third kappa shape index (κ3) is 7.35. The normalized spacial score (nSPS) is 24.0. The van der Waals surface area contributed by atoms with Crippen molar-refractivity contribution in [2.45, 2.75) is 83.6 Å². The van der Waals surface area contributed by atoms with E-state index in [2.05, 4.69) is 33.9 Å². The molecule has 1 saturated heterocycles. The quantitative estimate of drug-likeness (QED) is 0.402. The van der Waals surface area contributed by atoms with Crippen LogP contribution in [0.4, 0.5) is 0 Å². The van der Waals surface area contributed by atoms with Gasteiger partial charge in [-0.15, -0.1) is 0 Å². The fourth-order valence-electron chi connectivity index (χ4n) is 2.64. The zero-order valence-corrected chi connectivity index (χ0v) is 20.2. The van der Waals surface area contributed by atoms with Crippen LogP contribution in [-0.4, -0.2) is 59.1 Å². The predicted octanol–water partition coefficient (Wildman–Crippen LogP) is 4.36. The van der Waals surface area contributed by atoms with Crippen LogP contribution in [0.5, 0.6) is 0 Å². The molecule has 0 aromatic rings. The monoisotopic (exact) mass is 424 g/mol. The van der Waals surface area contributed by atoms with Crippen molar-refractivity contribution in [3.05, 3.63) is 0 Å². The van der Waals surface area contributed by atoms with Crippen molar-refractivity contribution < 1.29 is 32.3 Å². The third-order valence-corrected chi connectivity index (χ3v) is 11.7. The summed E-state index contributed by atoms with van der Waals surface area (Å²) in [6.45, 7) is 15.2. The fourth-order valence-corrected chi connectivity index (χ4v) is 4.69. The summed E-state index contributed by atoms with van der Waals surface area (Å²) in [7, 11) is -2.70. The van der Waals surface area contributed by atoms with E-state index in [-0.39, 0.29) is 23.1 Å². The van der Waals surface area contributed by atoms with Gasteiger partial charge in [0.1, 0.15) is 12.3 Å². The molecule has 0 aliphatic carbocycles. The van der Waals surface area contributed by atoms with Crippen molar-refractivity contribution in [3.8, 4) is 0 Å². The Hall–Kier alpha value is -0.0831. The Morgan fingerprint density at radius 2 is 1.74 bits per heavy atom. The van der Waals surface area contributed by atoms with Gasteiger partial charge in [0, 0.05) is 27.2 Å². The minimum absolute atomic E-state index is 0.142. The number of carbonyl (C=O) groups excluding carboxylic acids is 1. The van der Waals surface area contributed by atoms with E-state index in [9.17, 15) is 9.36 Å². The molecule has 7 nitrogen and oxygen atoms in total. The van der Waals surface area contributed by atoms with Crippen molar-refractivity contribution in [2.24, 2.45) is 0 Å². The molecule has 0 amide bonds. The van der Waals surface area contributed by atoms with E-state index < -0.39 is 27.8 Å². The lowest BCUT2D eigenvalue weighted by atomic mass is 10.0. The van der Waals surface area contributed by atoms with Crippen molar-refractivity contribution in [1.82, 2.24) is 0 Å². The van der Waals surface area contributed by atoms with E-state index in [1.54, 1.807) is 13.8 Å². The van der Waals surface area contributed by atoms with E-state index in [1.807, 2.05) is 0 Å². The van der Waals surface area contributed by atoms with Gasteiger partial charge in [-0.1, -0.05) is 20.8 Å². The maximum absolute atomic E-state index is 12.6. The zero-order valence-electron chi connectivity index (χ0n) is 18.3. The van der Waals surface area contributed by atoms with E-state index in [0.717, 1.165) is 0 Å². The topological polar surface area (TPSA) is 80.3 Å². The van der Waals surface area contributed by atoms with E-state index in [0.29, 0.717) is 19.4 Å². The van der Waals surface area contributed by atoms with Gasteiger partial charge in [-0.05, 0) is 38.4 Å². The maximum atomic E-state index is 12.6. The molecular formula is C18H37O7PSi. The first kappa shape index (κ1) is 25.0. The van der Waals surface area contributed by atoms with Gasteiger partial charge < -0.3 is 22.9 Å². The van der Waals surface area contributed by atoms with Gasteiger partial charge in [0.05, 0.1) is 6.10 Å². The van der Waals surface area contributed by atoms with Crippen molar-refractivity contribution in [3.63, 3.8) is 0 Å². The molecule has 9 heteroatoms. The van der Waals surface area contributed by atoms with Crippen molar-refractivity contribution in [2.75, 3.05) is 27.0 Å². The number of Topliss-reactive ketones (excluding diaryl/α,β-unsaturated/α-hetero) is 1. The highest BCUT2D eigenvalue weighted by Crippen LogP contribution is 2.47. The van der Waals surface area contributed by atoms with Gasteiger partial charge in [-0.3, -0.25) is 9.36 Å². The molecular weight excluding hydrogens is 387 g/mol. The van der Waals surface area contributed by atoms with Crippen molar-refractivity contribution >= 4 is 21.7 Å². The first-order valence-electron chi connectivity index (χ1n) is 9.37. The number of ether oxygens (including phenoxy) is 2. The Kier molecular flexibility index (Phi) is 8.46. The van der Waals surface area contributed by atoms with Crippen LogP contribution in [0, 0.1) is 0 Å². The predicted molar refractivity (Wildman–Crippen MR) is 108 cm³/mol. The van der Waals surface area contributed by atoms with Crippen LogP contribution in [0.2, 0.25) is 18.1 Å². The van der Waals surface area contributed by atoms with Crippen LogP contribution in [-0.2, 0) is 32.3 Å². The summed E-state index contributed by atoms with van der Waals surface area (Å²) in [5, 5.41) is 0.142. The Labute approximate surface area is 165 Å². The molecule has 1 heterocycles. The highest BCUT2D eigenvalue weighted by atomic mass is 31.2. The number of ketones is 1. The Bertz CT molecular complexity index is 548. The SMILES string of the molecule is COP(=O)(CC(=O)[C@H]1C[C@@H](CCO[Si](C)(C)C(C)(C)C)OC(C)(C)O1)OC. The highest BCUT2D eigenvalue weighted by Gasteiger charge is 2.42. The lowest BCUT2D eigenvalue weighted by molar-refractivity contribution is -0.294. The van der Waals surface area contributed by atoms with Gasteiger partial charge >= 0.3 is 7.60 Å². The smallest absolute Gasteiger partial charge is 0.337 e. The van der Waals surface area contributed by atoms with E-state index >= 15 is 0 Å². The average molecular weight is 425 g/mol. The summed E-state index contributed by atoms with van der Waals surface area (Å²) in [6, 6.07) is 0.